The first-order valence-corrected chi connectivity index (χ1v) is 8.14. The average Bonchev–Trinajstić information content (AvgIpc) is 2.94. The van der Waals surface area contributed by atoms with Crippen molar-refractivity contribution >= 4 is 33.2 Å². The highest BCUT2D eigenvalue weighted by Gasteiger charge is 2.30. The molecular weight excluding hydrogens is 300 g/mol. The van der Waals surface area contributed by atoms with E-state index in [0.29, 0.717) is 31.0 Å². The number of rotatable bonds is 3. The highest BCUT2D eigenvalue weighted by atomic mass is 32.1. The lowest BCUT2D eigenvalue weighted by molar-refractivity contribution is -0.138. The van der Waals surface area contributed by atoms with Crippen molar-refractivity contribution in [3.05, 3.63) is 34.7 Å². The summed E-state index contributed by atoms with van der Waals surface area (Å²) in [5.74, 6) is -0.341. The van der Waals surface area contributed by atoms with Crippen LogP contribution < -0.4 is 5.73 Å². The Labute approximate surface area is 132 Å². The number of primary amides is 1. The maximum Gasteiger partial charge on any atom is 0.259 e. The Morgan fingerprint density at radius 2 is 2.18 bits per heavy atom. The first-order chi connectivity index (χ1) is 10.6. The number of carbonyl (C=O) groups is 2. The molecule has 5 nitrogen and oxygen atoms in total. The quantitative estimate of drug-likeness (QED) is 0.944. The van der Waals surface area contributed by atoms with Crippen LogP contribution in [0.15, 0.2) is 24.3 Å². The van der Waals surface area contributed by atoms with Crippen molar-refractivity contribution < 1.29 is 14.3 Å². The number of nitrogens with two attached hydrogens (primary N) is 1. The fourth-order valence-corrected chi connectivity index (χ4v) is 3.95. The van der Waals surface area contributed by atoms with Crippen LogP contribution in [0.25, 0.3) is 10.1 Å². The Morgan fingerprint density at radius 1 is 1.41 bits per heavy atom. The van der Waals surface area contributed by atoms with Crippen LogP contribution >= 0.6 is 11.3 Å². The standard InChI is InChI=1S/C16H18N2O3S/c1-2-13(19)18-7-8-21-11(9-18)14-10-5-3-4-6-12(10)22-15(14)16(17)20/h3-6,11H,2,7-9H2,1H3,(H2,17,20)/t11-/m0/s1. The van der Waals surface area contributed by atoms with Gasteiger partial charge in [0.05, 0.1) is 18.0 Å². The Balaban J connectivity index is 2.03. The summed E-state index contributed by atoms with van der Waals surface area (Å²) in [5, 5.41) is 0.983. The maximum atomic E-state index is 11.9. The normalized spacial score (nSPS) is 18.6. The number of morpholine rings is 1. The molecule has 0 saturated carbocycles. The molecule has 0 spiro atoms. The number of carbonyl (C=O) groups excluding carboxylic acids is 2. The van der Waals surface area contributed by atoms with E-state index in [2.05, 4.69) is 0 Å². The Bertz CT molecular complexity index is 725. The third-order valence-corrected chi connectivity index (χ3v) is 5.10. The number of thiophene rings is 1. The second-order valence-electron chi connectivity index (χ2n) is 5.26. The van der Waals surface area contributed by atoms with Crippen molar-refractivity contribution in [1.82, 2.24) is 4.90 Å². The van der Waals surface area contributed by atoms with Gasteiger partial charge in [-0.05, 0) is 11.5 Å². The van der Waals surface area contributed by atoms with E-state index in [-0.39, 0.29) is 12.0 Å². The third-order valence-electron chi connectivity index (χ3n) is 3.90. The molecule has 2 amide bonds. The number of fused-ring (bicyclic) bond motifs is 1. The topological polar surface area (TPSA) is 72.6 Å². The maximum absolute atomic E-state index is 11.9. The van der Waals surface area contributed by atoms with Gasteiger partial charge in [-0.15, -0.1) is 11.3 Å². The molecule has 22 heavy (non-hydrogen) atoms. The zero-order valence-corrected chi connectivity index (χ0v) is 13.2. The molecule has 116 valence electrons. The molecule has 1 atom stereocenters. The zero-order chi connectivity index (χ0) is 15.7. The average molecular weight is 318 g/mol. The molecule has 0 aliphatic carbocycles. The van der Waals surface area contributed by atoms with Crippen LogP contribution in [0.3, 0.4) is 0 Å². The summed E-state index contributed by atoms with van der Waals surface area (Å²) in [6, 6.07) is 7.80. The van der Waals surface area contributed by atoms with E-state index in [4.69, 9.17) is 10.5 Å². The zero-order valence-electron chi connectivity index (χ0n) is 12.4. The molecule has 1 aliphatic rings. The van der Waals surface area contributed by atoms with Crippen LogP contribution in [0.2, 0.25) is 0 Å². The minimum Gasteiger partial charge on any atom is -0.370 e. The van der Waals surface area contributed by atoms with Crippen molar-refractivity contribution in [2.75, 3.05) is 19.7 Å². The Morgan fingerprint density at radius 3 is 2.91 bits per heavy atom. The minimum atomic E-state index is -0.446. The van der Waals surface area contributed by atoms with Gasteiger partial charge in [-0.3, -0.25) is 9.59 Å². The van der Waals surface area contributed by atoms with Gasteiger partial charge in [-0.2, -0.15) is 0 Å². The number of benzene rings is 1. The van der Waals surface area contributed by atoms with Gasteiger partial charge in [0.25, 0.3) is 5.91 Å². The lowest BCUT2D eigenvalue weighted by Crippen LogP contribution is -2.42. The van der Waals surface area contributed by atoms with E-state index < -0.39 is 5.91 Å². The van der Waals surface area contributed by atoms with E-state index in [1.54, 1.807) is 4.90 Å². The molecule has 1 saturated heterocycles. The smallest absolute Gasteiger partial charge is 0.259 e. The number of amides is 2. The summed E-state index contributed by atoms with van der Waals surface area (Å²) in [6.07, 6.45) is 0.169. The fourth-order valence-electron chi connectivity index (χ4n) is 2.84. The van der Waals surface area contributed by atoms with Gasteiger partial charge in [0, 0.05) is 23.2 Å². The summed E-state index contributed by atoms with van der Waals surface area (Å²) in [4.78, 5) is 26.1. The highest BCUT2D eigenvalue weighted by Crippen LogP contribution is 2.37. The molecule has 0 unspecified atom stereocenters. The molecule has 2 heterocycles. The number of nitrogens with zero attached hydrogens (tertiary/aromatic N) is 1. The summed E-state index contributed by atoms with van der Waals surface area (Å²) < 4.78 is 6.86. The molecule has 3 rings (SSSR count). The van der Waals surface area contributed by atoms with Crippen LogP contribution in [0.5, 0.6) is 0 Å². The molecule has 1 aliphatic heterocycles. The fraction of sp³-hybridized carbons (Fsp3) is 0.375. The van der Waals surface area contributed by atoms with E-state index in [1.165, 1.54) is 11.3 Å². The highest BCUT2D eigenvalue weighted by molar-refractivity contribution is 7.21. The predicted molar refractivity (Wildman–Crippen MR) is 85.9 cm³/mol. The molecule has 2 N–H and O–H groups in total. The lowest BCUT2D eigenvalue weighted by atomic mass is 10.0. The molecule has 6 heteroatoms. The number of ether oxygens (including phenoxy) is 1. The van der Waals surface area contributed by atoms with Gasteiger partial charge in [0.15, 0.2) is 0 Å². The molecule has 0 radical (unpaired) electrons. The van der Waals surface area contributed by atoms with Crippen molar-refractivity contribution in [2.45, 2.75) is 19.4 Å². The van der Waals surface area contributed by atoms with E-state index >= 15 is 0 Å². The van der Waals surface area contributed by atoms with Gasteiger partial charge < -0.3 is 15.4 Å². The summed E-state index contributed by atoms with van der Waals surface area (Å²) >= 11 is 1.38. The summed E-state index contributed by atoms with van der Waals surface area (Å²) in [5.41, 5.74) is 6.36. The number of hydrogen-bond donors (Lipinski definition) is 1. The van der Waals surface area contributed by atoms with Crippen molar-refractivity contribution in [3.8, 4) is 0 Å². The van der Waals surface area contributed by atoms with Gasteiger partial charge in [0.2, 0.25) is 5.91 Å². The second-order valence-corrected chi connectivity index (χ2v) is 6.31. The van der Waals surface area contributed by atoms with Crippen LogP contribution in [0.4, 0.5) is 0 Å². The van der Waals surface area contributed by atoms with Crippen LogP contribution in [-0.4, -0.2) is 36.4 Å². The van der Waals surface area contributed by atoms with E-state index in [1.807, 2.05) is 31.2 Å². The van der Waals surface area contributed by atoms with E-state index in [0.717, 1.165) is 15.6 Å². The van der Waals surface area contributed by atoms with Gasteiger partial charge in [-0.25, -0.2) is 0 Å². The van der Waals surface area contributed by atoms with Crippen molar-refractivity contribution in [2.24, 2.45) is 5.73 Å². The Kier molecular flexibility index (Phi) is 4.13. The second kappa shape index (κ2) is 6.06. The monoisotopic (exact) mass is 318 g/mol. The molecule has 1 aromatic heterocycles. The van der Waals surface area contributed by atoms with Crippen molar-refractivity contribution in [3.63, 3.8) is 0 Å². The molecule has 1 fully saturated rings. The van der Waals surface area contributed by atoms with Crippen LogP contribution in [0.1, 0.15) is 34.7 Å². The first kappa shape index (κ1) is 15.0. The van der Waals surface area contributed by atoms with Gasteiger partial charge in [0.1, 0.15) is 6.10 Å². The van der Waals surface area contributed by atoms with Crippen molar-refractivity contribution in [1.29, 1.82) is 0 Å². The summed E-state index contributed by atoms with van der Waals surface area (Å²) in [7, 11) is 0. The minimum absolute atomic E-state index is 0.105. The molecule has 0 bridgehead atoms. The molecular formula is C16H18N2O3S. The SMILES string of the molecule is CCC(=O)N1CCO[C@H](c2c(C(N)=O)sc3ccccc23)C1. The Hall–Kier alpha value is -1.92. The third kappa shape index (κ3) is 2.60. The predicted octanol–water partition coefficient (Wildman–Crippen LogP) is 2.31. The van der Waals surface area contributed by atoms with Gasteiger partial charge in [-0.1, -0.05) is 25.1 Å². The summed E-state index contributed by atoms with van der Waals surface area (Å²) in [6.45, 7) is 3.38. The van der Waals surface area contributed by atoms with E-state index in [9.17, 15) is 9.59 Å². The largest absolute Gasteiger partial charge is 0.370 e. The van der Waals surface area contributed by atoms with Crippen LogP contribution in [0, 0.1) is 0 Å². The first-order valence-electron chi connectivity index (χ1n) is 7.32. The lowest BCUT2D eigenvalue weighted by Gasteiger charge is -2.33. The molecule has 1 aromatic carbocycles. The van der Waals surface area contributed by atoms with Crippen LogP contribution in [-0.2, 0) is 9.53 Å². The van der Waals surface area contributed by atoms with Gasteiger partial charge >= 0.3 is 0 Å². The number of hydrogen-bond acceptors (Lipinski definition) is 4. The molecule has 2 aromatic rings.